The van der Waals surface area contributed by atoms with Crippen molar-refractivity contribution in [3.8, 4) is 0 Å². The summed E-state index contributed by atoms with van der Waals surface area (Å²) in [6.45, 7) is 3.11. The van der Waals surface area contributed by atoms with Crippen LogP contribution in [0.25, 0.3) is 0 Å². The van der Waals surface area contributed by atoms with Gasteiger partial charge >= 0.3 is 6.03 Å². The Hall–Kier alpha value is -2.37. The van der Waals surface area contributed by atoms with Crippen LogP contribution in [0, 0.1) is 0 Å². The largest absolute Gasteiger partial charge is 0.335 e. The Labute approximate surface area is 111 Å². The zero-order valence-corrected chi connectivity index (χ0v) is 10.8. The molecule has 100 valence electrons. The summed E-state index contributed by atoms with van der Waals surface area (Å²) in [4.78, 5) is 19.6. The molecule has 0 radical (unpaired) electrons. The Kier molecular flexibility index (Phi) is 4.49. The van der Waals surface area contributed by atoms with Gasteiger partial charge in [0.15, 0.2) is 0 Å². The van der Waals surface area contributed by atoms with E-state index in [4.69, 9.17) is 0 Å². The van der Waals surface area contributed by atoms with E-state index in [1.54, 1.807) is 24.9 Å². The van der Waals surface area contributed by atoms with Gasteiger partial charge in [-0.3, -0.25) is 4.98 Å². The number of nitrogens with one attached hydrogen (secondary N) is 2. The van der Waals surface area contributed by atoms with Gasteiger partial charge in [-0.25, -0.2) is 9.78 Å². The molecule has 0 aromatic carbocycles. The predicted molar refractivity (Wildman–Crippen MR) is 71.3 cm³/mol. The Balaban J connectivity index is 1.72. The minimum atomic E-state index is -0.184. The van der Waals surface area contributed by atoms with Crippen molar-refractivity contribution in [3.63, 3.8) is 0 Å². The molecule has 2 aromatic heterocycles. The van der Waals surface area contributed by atoms with Crippen LogP contribution in [-0.2, 0) is 13.1 Å². The molecule has 0 aliphatic heterocycles. The maximum absolute atomic E-state index is 11.7. The van der Waals surface area contributed by atoms with E-state index >= 15 is 0 Å². The highest BCUT2D eigenvalue weighted by Crippen LogP contribution is 1.95. The third kappa shape index (κ3) is 4.42. The molecule has 0 unspecified atom stereocenters. The van der Waals surface area contributed by atoms with Gasteiger partial charge in [0.05, 0.1) is 6.33 Å². The smallest absolute Gasteiger partial charge is 0.315 e. The number of imidazole rings is 1. The van der Waals surface area contributed by atoms with Crippen LogP contribution in [0.2, 0.25) is 0 Å². The minimum absolute atomic E-state index is 0.0306. The first-order valence-electron chi connectivity index (χ1n) is 6.13. The number of carbonyl (C=O) groups is 1. The monoisotopic (exact) mass is 259 g/mol. The molecule has 6 heteroatoms. The second-order valence-electron chi connectivity index (χ2n) is 4.35. The van der Waals surface area contributed by atoms with Crippen LogP contribution in [0.3, 0.4) is 0 Å². The highest BCUT2D eigenvalue weighted by Gasteiger charge is 2.07. The van der Waals surface area contributed by atoms with Gasteiger partial charge in [0.1, 0.15) is 0 Å². The van der Waals surface area contributed by atoms with Gasteiger partial charge in [0.25, 0.3) is 0 Å². The first kappa shape index (κ1) is 13.1. The van der Waals surface area contributed by atoms with Crippen molar-refractivity contribution in [2.24, 2.45) is 0 Å². The second kappa shape index (κ2) is 6.53. The van der Waals surface area contributed by atoms with Crippen LogP contribution in [-0.4, -0.2) is 26.6 Å². The molecule has 0 bridgehead atoms. The molecular weight excluding hydrogens is 242 g/mol. The Morgan fingerprint density at radius 1 is 1.42 bits per heavy atom. The normalized spacial score (nSPS) is 11.8. The predicted octanol–water partition coefficient (Wildman–Crippen LogP) is 1.17. The minimum Gasteiger partial charge on any atom is -0.335 e. The highest BCUT2D eigenvalue weighted by molar-refractivity contribution is 5.74. The zero-order valence-electron chi connectivity index (χ0n) is 10.8. The van der Waals surface area contributed by atoms with Gasteiger partial charge in [-0.1, -0.05) is 6.07 Å². The van der Waals surface area contributed by atoms with Crippen molar-refractivity contribution in [1.29, 1.82) is 0 Å². The summed E-state index contributed by atoms with van der Waals surface area (Å²) >= 11 is 0. The zero-order chi connectivity index (χ0) is 13.5. The lowest BCUT2D eigenvalue weighted by atomic mass is 10.3. The van der Waals surface area contributed by atoms with Crippen molar-refractivity contribution in [2.45, 2.75) is 26.1 Å². The van der Waals surface area contributed by atoms with E-state index in [0.29, 0.717) is 13.1 Å². The first-order chi connectivity index (χ1) is 9.24. The van der Waals surface area contributed by atoms with E-state index in [-0.39, 0.29) is 12.1 Å². The average Bonchev–Trinajstić information content (AvgIpc) is 2.90. The third-order valence-corrected chi connectivity index (χ3v) is 2.60. The highest BCUT2D eigenvalue weighted by atomic mass is 16.2. The molecule has 0 aliphatic rings. The molecule has 1 atom stereocenters. The molecule has 0 saturated carbocycles. The van der Waals surface area contributed by atoms with Crippen molar-refractivity contribution < 1.29 is 4.79 Å². The Morgan fingerprint density at radius 2 is 2.32 bits per heavy atom. The van der Waals surface area contributed by atoms with Crippen LogP contribution in [0.5, 0.6) is 0 Å². The summed E-state index contributed by atoms with van der Waals surface area (Å²) in [7, 11) is 0. The summed E-state index contributed by atoms with van der Waals surface area (Å²) in [6, 6.07) is 3.61. The fourth-order valence-electron chi connectivity index (χ4n) is 1.72. The number of rotatable bonds is 5. The number of pyridine rings is 1. The molecule has 2 N–H and O–H groups in total. The van der Waals surface area contributed by atoms with Gasteiger partial charge in [-0.15, -0.1) is 0 Å². The van der Waals surface area contributed by atoms with E-state index in [2.05, 4.69) is 20.6 Å². The number of nitrogens with zero attached hydrogens (tertiary/aromatic N) is 3. The molecule has 0 fully saturated rings. The number of hydrogen-bond acceptors (Lipinski definition) is 3. The van der Waals surface area contributed by atoms with Crippen LogP contribution in [0.1, 0.15) is 12.5 Å². The van der Waals surface area contributed by atoms with Crippen LogP contribution < -0.4 is 10.6 Å². The van der Waals surface area contributed by atoms with Gasteiger partial charge in [0.2, 0.25) is 0 Å². The topological polar surface area (TPSA) is 71.8 Å². The average molecular weight is 259 g/mol. The molecule has 2 rings (SSSR count). The van der Waals surface area contributed by atoms with Gasteiger partial charge in [-0.05, 0) is 18.6 Å². The molecule has 2 amide bonds. The van der Waals surface area contributed by atoms with Gasteiger partial charge in [-0.2, -0.15) is 0 Å². The SMILES string of the molecule is C[C@@H](Cn1ccnc1)NC(=O)NCc1cccnc1. The van der Waals surface area contributed by atoms with Crippen molar-refractivity contribution in [3.05, 3.63) is 48.8 Å². The van der Waals surface area contributed by atoms with Crippen molar-refractivity contribution in [1.82, 2.24) is 25.2 Å². The fourth-order valence-corrected chi connectivity index (χ4v) is 1.72. The third-order valence-electron chi connectivity index (χ3n) is 2.60. The summed E-state index contributed by atoms with van der Waals surface area (Å²) in [5, 5.41) is 5.66. The summed E-state index contributed by atoms with van der Waals surface area (Å²) < 4.78 is 1.92. The van der Waals surface area contributed by atoms with Crippen LogP contribution in [0.15, 0.2) is 43.2 Å². The fraction of sp³-hybridized carbons (Fsp3) is 0.308. The van der Waals surface area contributed by atoms with Crippen LogP contribution in [0.4, 0.5) is 4.79 Å². The number of hydrogen-bond donors (Lipinski definition) is 2. The van der Waals surface area contributed by atoms with Crippen molar-refractivity contribution >= 4 is 6.03 Å². The molecule has 2 aromatic rings. The molecule has 19 heavy (non-hydrogen) atoms. The standard InChI is InChI=1S/C13H17N5O/c1-11(9-18-6-5-15-10-18)17-13(19)16-8-12-3-2-4-14-7-12/h2-7,10-11H,8-9H2,1H3,(H2,16,17,19)/t11-/m0/s1. The Morgan fingerprint density at radius 3 is 3.00 bits per heavy atom. The molecule has 2 heterocycles. The first-order valence-corrected chi connectivity index (χ1v) is 6.13. The lowest BCUT2D eigenvalue weighted by Crippen LogP contribution is -2.42. The molecule has 0 spiro atoms. The Bertz CT molecular complexity index is 497. The lowest BCUT2D eigenvalue weighted by Gasteiger charge is -2.15. The van der Waals surface area contributed by atoms with Crippen LogP contribution >= 0.6 is 0 Å². The number of amides is 2. The number of urea groups is 1. The van der Waals surface area contributed by atoms with E-state index in [1.165, 1.54) is 0 Å². The van der Waals surface area contributed by atoms with E-state index in [1.807, 2.05) is 29.8 Å². The van der Waals surface area contributed by atoms with Crippen molar-refractivity contribution in [2.75, 3.05) is 0 Å². The summed E-state index contributed by atoms with van der Waals surface area (Å²) in [5.74, 6) is 0. The van der Waals surface area contributed by atoms with Gasteiger partial charge in [0, 0.05) is 43.9 Å². The quantitative estimate of drug-likeness (QED) is 0.846. The molecule has 0 saturated heterocycles. The van der Waals surface area contributed by atoms with E-state index < -0.39 is 0 Å². The molecule has 0 aliphatic carbocycles. The lowest BCUT2D eigenvalue weighted by molar-refractivity contribution is 0.236. The number of aromatic nitrogens is 3. The maximum atomic E-state index is 11.7. The summed E-state index contributed by atoms with van der Waals surface area (Å²) in [6.07, 6.45) is 8.75. The van der Waals surface area contributed by atoms with Gasteiger partial charge < -0.3 is 15.2 Å². The maximum Gasteiger partial charge on any atom is 0.315 e. The van der Waals surface area contributed by atoms with E-state index in [9.17, 15) is 4.79 Å². The van der Waals surface area contributed by atoms with E-state index in [0.717, 1.165) is 5.56 Å². The summed E-state index contributed by atoms with van der Waals surface area (Å²) in [5.41, 5.74) is 0.972. The second-order valence-corrected chi connectivity index (χ2v) is 4.35. The number of carbonyl (C=O) groups excluding carboxylic acids is 1. The molecular formula is C13H17N5O. The molecule has 6 nitrogen and oxygen atoms in total.